The highest BCUT2D eigenvalue weighted by atomic mass is 35.5. The second-order valence-electron chi connectivity index (χ2n) is 4.76. The lowest BCUT2D eigenvalue weighted by Gasteiger charge is -2.22. The summed E-state index contributed by atoms with van der Waals surface area (Å²) in [6.45, 7) is 4.28. The van der Waals surface area contributed by atoms with Crippen LogP contribution in [0.15, 0.2) is 6.20 Å². The highest BCUT2D eigenvalue weighted by molar-refractivity contribution is 6.35. The minimum Gasteiger partial charge on any atom is -0.369 e. The lowest BCUT2D eigenvalue weighted by Crippen LogP contribution is -2.23. The molecule has 4 nitrogen and oxygen atoms in total. The summed E-state index contributed by atoms with van der Waals surface area (Å²) in [5.41, 5.74) is 1.06. The predicted octanol–water partition coefficient (Wildman–Crippen LogP) is 2.33. The molecule has 0 aromatic carbocycles. The maximum absolute atomic E-state index is 6.48. The lowest BCUT2D eigenvalue weighted by atomic mass is 10.3. The highest BCUT2D eigenvalue weighted by Gasteiger charge is 2.22. The van der Waals surface area contributed by atoms with Gasteiger partial charge in [-0.15, -0.1) is 5.10 Å². The van der Waals surface area contributed by atoms with Gasteiger partial charge in [0.25, 0.3) is 0 Å². The third kappa shape index (κ3) is 2.06. The minimum atomic E-state index is 0.781. The van der Waals surface area contributed by atoms with E-state index in [1.165, 1.54) is 25.7 Å². The van der Waals surface area contributed by atoms with E-state index in [1.54, 1.807) is 6.20 Å². The summed E-state index contributed by atoms with van der Waals surface area (Å²) in [4.78, 5) is 4.56. The Morgan fingerprint density at radius 1 is 0.941 bits per heavy atom. The Hall–Kier alpha value is -1.03. The first kappa shape index (κ1) is 11.1. The SMILES string of the molecule is Clc1c(N2CCCC2)cnnc1N1CCCC1. The van der Waals surface area contributed by atoms with Gasteiger partial charge in [0.05, 0.1) is 11.9 Å². The maximum Gasteiger partial charge on any atom is 0.172 e. The van der Waals surface area contributed by atoms with Gasteiger partial charge in [0.1, 0.15) is 5.02 Å². The molecule has 0 saturated carbocycles. The van der Waals surface area contributed by atoms with Gasteiger partial charge in [0.2, 0.25) is 0 Å². The first-order valence-electron chi connectivity index (χ1n) is 6.37. The molecule has 0 N–H and O–H groups in total. The van der Waals surface area contributed by atoms with Gasteiger partial charge in [-0.05, 0) is 25.7 Å². The normalized spacial score (nSPS) is 20.3. The second kappa shape index (κ2) is 4.69. The summed E-state index contributed by atoms with van der Waals surface area (Å²) in [5.74, 6) is 0.869. The van der Waals surface area contributed by atoms with E-state index in [0.717, 1.165) is 42.7 Å². The van der Waals surface area contributed by atoms with E-state index < -0.39 is 0 Å². The van der Waals surface area contributed by atoms with Gasteiger partial charge >= 0.3 is 0 Å². The zero-order valence-electron chi connectivity index (χ0n) is 9.90. The smallest absolute Gasteiger partial charge is 0.172 e. The molecule has 0 amide bonds. The van der Waals surface area contributed by atoms with Crippen LogP contribution in [-0.4, -0.2) is 36.4 Å². The van der Waals surface area contributed by atoms with Gasteiger partial charge in [0.15, 0.2) is 5.82 Å². The molecule has 0 aliphatic carbocycles. The van der Waals surface area contributed by atoms with Crippen molar-refractivity contribution >= 4 is 23.1 Å². The summed E-state index contributed by atoms with van der Waals surface area (Å²) in [6, 6.07) is 0. The van der Waals surface area contributed by atoms with Crippen LogP contribution in [0.1, 0.15) is 25.7 Å². The van der Waals surface area contributed by atoms with E-state index in [2.05, 4.69) is 20.0 Å². The molecule has 0 bridgehead atoms. The molecule has 2 fully saturated rings. The van der Waals surface area contributed by atoms with Gasteiger partial charge in [0, 0.05) is 26.2 Å². The third-order valence-corrected chi connectivity index (χ3v) is 3.97. The van der Waals surface area contributed by atoms with Crippen molar-refractivity contribution in [1.29, 1.82) is 0 Å². The van der Waals surface area contributed by atoms with Crippen molar-refractivity contribution in [2.75, 3.05) is 36.0 Å². The fraction of sp³-hybridized carbons (Fsp3) is 0.667. The summed E-state index contributed by atoms with van der Waals surface area (Å²) < 4.78 is 0. The fourth-order valence-corrected chi connectivity index (χ4v) is 2.99. The number of hydrogen-bond acceptors (Lipinski definition) is 4. The average Bonchev–Trinajstić information content (AvgIpc) is 3.02. The number of rotatable bonds is 2. The Balaban J connectivity index is 1.91. The maximum atomic E-state index is 6.48. The van der Waals surface area contributed by atoms with Crippen LogP contribution < -0.4 is 9.80 Å². The molecule has 0 radical (unpaired) electrons. The first-order valence-corrected chi connectivity index (χ1v) is 6.75. The van der Waals surface area contributed by atoms with E-state index in [4.69, 9.17) is 11.6 Å². The van der Waals surface area contributed by atoms with Crippen molar-refractivity contribution in [2.24, 2.45) is 0 Å². The molecule has 0 atom stereocenters. The number of hydrogen-bond donors (Lipinski definition) is 0. The predicted molar refractivity (Wildman–Crippen MR) is 69.9 cm³/mol. The van der Waals surface area contributed by atoms with E-state index >= 15 is 0 Å². The van der Waals surface area contributed by atoms with E-state index in [0.29, 0.717) is 0 Å². The van der Waals surface area contributed by atoms with Crippen LogP contribution in [0.25, 0.3) is 0 Å². The van der Waals surface area contributed by atoms with E-state index in [1.807, 2.05) is 0 Å². The van der Waals surface area contributed by atoms with Crippen molar-refractivity contribution in [3.63, 3.8) is 0 Å². The molecule has 1 aromatic heterocycles. The third-order valence-electron chi connectivity index (χ3n) is 3.61. The Bertz CT molecular complexity index is 363. The molecular weight excluding hydrogens is 236 g/mol. The number of halogens is 1. The van der Waals surface area contributed by atoms with Crippen molar-refractivity contribution in [3.8, 4) is 0 Å². The van der Waals surface area contributed by atoms with Crippen LogP contribution in [-0.2, 0) is 0 Å². The average molecular weight is 253 g/mol. The molecule has 3 rings (SSSR count). The van der Waals surface area contributed by atoms with E-state index in [-0.39, 0.29) is 0 Å². The zero-order valence-corrected chi connectivity index (χ0v) is 10.7. The molecule has 1 aromatic rings. The Morgan fingerprint density at radius 2 is 1.53 bits per heavy atom. The topological polar surface area (TPSA) is 32.3 Å². The Morgan fingerprint density at radius 3 is 2.18 bits per heavy atom. The fourth-order valence-electron chi connectivity index (χ4n) is 2.66. The standard InChI is InChI=1S/C12H17ClN4/c13-11-10(16-5-1-2-6-16)9-14-15-12(11)17-7-3-4-8-17/h9H,1-8H2. The molecule has 2 saturated heterocycles. The quantitative estimate of drug-likeness (QED) is 0.809. The van der Waals surface area contributed by atoms with Gasteiger partial charge in [-0.25, -0.2) is 0 Å². The van der Waals surface area contributed by atoms with Crippen molar-refractivity contribution in [1.82, 2.24) is 10.2 Å². The molecule has 17 heavy (non-hydrogen) atoms. The van der Waals surface area contributed by atoms with Crippen LogP contribution in [0.4, 0.5) is 11.5 Å². The van der Waals surface area contributed by atoms with Crippen LogP contribution in [0.2, 0.25) is 5.02 Å². The van der Waals surface area contributed by atoms with Crippen LogP contribution in [0.5, 0.6) is 0 Å². The molecule has 2 aliphatic heterocycles. The monoisotopic (exact) mass is 252 g/mol. The molecule has 0 spiro atoms. The lowest BCUT2D eigenvalue weighted by molar-refractivity contribution is 0.878. The highest BCUT2D eigenvalue weighted by Crippen LogP contribution is 2.35. The Kier molecular flexibility index (Phi) is 3.05. The molecular formula is C12H17ClN4. The van der Waals surface area contributed by atoms with Crippen molar-refractivity contribution in [2.45, 2.75) is 25.7 Å². The van der Waals surface area contributed by atoms with Crippen LogP contribution in [0, 0.1) is 0 Å². The first-order chi connectivity index (χ1) is 8.36. The molecule has 5 heteroatoms. The molecule has 0 unspecified atom stereocenters. The summed E-state index contributed by atoms with van der Waals surface area (Å²) in [7, 11) is 0. The number of aromatic nitrogens is 2. The Labute approximate surface area is 107 Å². The number of nitrogens with zero attached hydrogens (tertiary/aromatic N) is 4. The largest absolute Gasteiger partial charge is 0.369 e. The van der Waals surface area contributed by atoms with Gasteiger partial charge in [-0.1, -0.05) is 11.6 Å². The number of anilines is 2. The van der Waals surface area contributed by atoms with Gasteiger partial charge in [-0.3, -0.25) is 0 Å². The van der Waals surface area contributed by atoms with Crippen LogP contribution >= 0.6 is 11.6 Å². The zero-order chi connectivity index (χ0) is 11.7. The summed E-state index contributed by atoms with van der Waals surface area (Å²) >= 11 is 6.48. The second-order valence-corrected chi connectivity index (χ2v) is 5.13. The van der Waals surface area contributed by atoms with E-state index in [9.17, 15) is 0 Å². The van der Waals surface area contributed by atoms with Crippen molar-refractivity contribution < 1.29 is 0 Å². The van der Waals surface area contributed by atoms with Crippen molar-refractivity contribution in [3.05, 3.63) is 11.2 Å². The van der Waals surface area contributed by atoms with Gasteiger partial charge < -0.3 is 9.80 Å². The molecule has 2 aliphatic rings. The van der Waals surface area contributed by atoms with Crippen LogP contribution in [0.3, 0.4) is 0 Å². The summed E-state index contributed by atoms with van der Waals surface area (Å²) in [6.07, 6.45) is 6.75. The minimum absolute atomic E-state index is 0.781. The van der Waals surface area contributed by atoms with Gasteiger partial charge in [-0.2, -0.15) is 5.10 Å². The summed E-state index contributed by atoms with van der Waals surface area (Å²) in [5, 5.41) is 9.11. The molecule has 3 heterocycles. The molecule has 92 valence electrons.